The summed E-state index contributed by atoms with van der Waals surface area (Å²) < 4.78 is 29.1. The van der Waals surface area contributed by atoms with Crippen molar-refractivity contribution in [3.05, 3.63) is 83.6 Å². The van der Waals surface area contributed by atoms with Gasteiger partial charge in [0.1, 0.15) is 11.9 Å². The number of anilines is 2. The molecule has 176 valence electrons. The molecule has 3 aromatic rings. The highest BCUT2D eigenvalue weighted by Crippen LogP contribution is 2.30. The predicted molar refractivity (Wildman–Crippen MR) is 130 cm³/mol. The van der Waals surface area contributed by atoms with Gasteiger partial charge in [-0.2, -0.15) is 4.72 Å². The van der Waals surface area contributed by atoms with E-state index in [1.54, 1.807) is 29.3 Å². The molecule has 0 fully saturated rings. The van der Waals surface area contributed by atoms with E-state index in [0.717, 1.165) is 22.4 Å². The lowest BCUT2D eigenvalue weighted by atomic mass is 10.1. The normalized spacial score (nSPS) is 13.9. The van der Waals surface area contributed by atoms with Gasteiger partial charge in [-0.1, -0.05) is 36.4 Å². The summed E-state index contributed by atoms with van der Waals surface area (Å²) in [6.07, 6.45) is 2.37. The number of nitrogens with zero attached hydrogens (tertiary/aromatic N) is 2. The first kappa shape index (κ1) is 23.6. The Labute approximate surface area is 199 Å². The summed E-state index contributed by atoms with van der Waals surface area (Å²) in [6, 6.07) is 16.3. The van der Waals surface area contributed by atoms with Crippen molar-refractivity contribution in [2.24, 2.45) is 0 Å². The van der Waals surface area contributed by atoms with Gasteiger partial charge in [0.2, 0.25) is 21.8 Å². The molecule has 0 saturated heterocycles. The van der Waals surface area contributed by atoms with Gasteiger partial charge < -0.3 is 10.2 Å². The van der Waals surface area contributed by atoms with Crippen LogP contribution in [0.2, 0.25) is 0 Å². The molecule has 2 amide bonds. The van der Waals surface area contributed by atoms with Crippen LogP contribution < -0.4 is 14.9 Å². The number of hydrogen-bond donors (Lipinski definition) is 2. The Morgan fingerprint density at radius 3 is 2.53 bits per heavy atom. The van der Waals surface area contributed by atoms with E-state index >= 15 is 0 Å². The van der Waals surface area contributed by atoms with Crippen LogP contribution in [0.5, 0.6) is 0 Å². The molecule has 1 aliphatic heterocycles. The molecule has 4 rings (SSSR count). The number of rotatable bonds is 7. The van der Waals surface area contributed by atoms with Crippen LogP contribution in [-0.4, -0.2) is 37.8 Å². The maximum atomic E-state index is 13.3. The number of pyridine rings is 1. The molecular formula is C25H26N4O4S. The molecule has 0 radical (unpaired) electrons. The quantitative estimate of drug-likeness (QED) is 0.543. The third-order valence-electron chi connectivity index (χ3n) is 5.70. The van der Waals surface area contributed by atoms with Crippen LogP contribution in [0.3, 0.4) is 0 Å². The molecule has 1 atom stereocenters. The Morgan fingerprint density at radius 1 is 1.09 bits per heavy atom. The highest BCUT2D eigenvalue weighted by molar-refractivity contribution is 7.89. The average molecular weight is 479 g/mol. The maximum Gasteiger partial charge on any atom is 0.244 e. The van der Waals surface area contributed by atoms with Crippen LogP contribution in [0.4, 0.5) is 11.5 Å². The van der Waals surface area contributed by atoms with Gasteiger partial charge in [-0.25, -0.2) is 13.4 Å². The second kappa shape index (κ2) is 9.74. The van der Waals surface area contributed by atoms with Crippen LogP contribution >= 0.6 is 0 Å². The zero-order valence-electron chi connectivity index (χ0n) is 19.0. The van der Waals surface area contributed by atoms with Crippen molar-refractivity contribution in [2.45, 2.75) is 37.6 Å². The van der Waals surface area contributed by atoms with Crippen molar-refractivity contribution in [1.29, 1.82) is 0 Å². The number of amides is 2. The number of carbonyl (C=O) groups is 2. The van der Waals surface area contributed by atoms with Gasteiger partial charge in [0.25, 0.3) is 0 Å². The minimum absolute atomic E-state index is 0.0518. The number of sulfonamides is 1. The van der Waals surface area contributed by atoms with E-state index in [1.807, 2.05) is 43.3 Å². The molecular weight excluding hydrogens is 452 g/mol. The lowest BCUT2D eigenvalue weighted by Crippen LogP contribution is -2.45. The SMILES string of the molecule is CC(=O)N1CCc2cc(S(=O)(=O)N[C@@H](Cc3ccccc3)C(=O)Nc3ccc(C)cn3)ccc21. The van der Waals surface area contributed by atoms with E-state index in [2.05, 4.69) is 15.0 Å². The summed E-state index contributed by atoms with van der Waals surface area (Å²) in [6.45, 7) is 3.89. The van der Waals surface area contributed by atoms with Crippen molar-refractivity contribution in [3.8, 4) is 0 Å². The van der Waals surface area contributed by atoms with Gasteiger partial charge in [-0.3, -0.25) is 9.59 Å². The van der Waals surface area contributed by atoms with E-state index in [4.69, 9.17) is 0 Å². The molecule has 2 N–H and O–H groups in total. The van der Waals surface area contributed by atoms with Crippen LogP contribution in [0.25, 0.3) is 0 Å². The fraction of sp³-hybridized carbons (Fsp3) is 0.240. The Hall–Kier alpha value is -3.56. The molecule has 0 aliphatic carbocycles. The van der Waals surface area contributed by atoms with Crippen LogP contribution in [-0.2, 0) is 32.5 Å². The molecule has 34 heavy (non-hydrogen) atoms. The lowest BCUT2D eigenvalue weighted by molar-refractivity contribution is -0.118. The molecule has 1 aromatic heterocycles. The second-order valence-corrected chi connectivity index (χ2v) is 10.00. The third-order valence-corrected chi connectivity index (χ3v) is 7.17. The lowest BCUT2D eigenvalue weighted by Gasteiger charge is -2.19. The fourth-order valence-corrected chi connectivity index (χ4v) is 5.17. The first-order valence-corrected chi connectivity index (χ1v) is 12.4. The summed E-state index contributed by atoms with van der Waals surface area (Å²) >= 11 is 0. The number of fused-ring (bicyclic) bond motifs is 1. The minimum atomic E-state index is -4.02. The molecule has 0 bridgehead atoms. The van der Waals surface area contributed by atoms with Gasteiger partial charge in [0.15, 0.2) is 0 Å². The number of nitrogens with one attached hydrogen (secondary N) is 2. The molecule has 0 spiro atoms. The summed E-state index contributed by atoms with van der Waals surface area (Å²) in [5, 5.41) is 2.70. The molecule has 2 aromatic carbocycles. The van der Waals surface area contributed by atoms with Gasteiger partial charge in [0, 0.05) is 25.4 Å². The maximum absolute atomic E-state index is 13.3. The van der Waals surface area contributed by atoms with Crippen LogP contribution in [0.15, 0.2) is 71.8 Å². The zero-order chi connectivity index (χ0) is 24.3. The summed E-state index contributed by atoms with van der Waals surface area (Å²) in [4.78, 5) is 30.8. The Morgan fingerprint density at radius 2 is 1.85 bits per heavy atom. The fourth-order valence-electron chi connectivity index (χ4n) is 3.92. The minimum Gasteiger partial charge on any atom is -0.312 e. The monoisotopic (exact) mass is 478 g/mol. The number of aryl methyl sites for hydroxylation is 1. The van der Waals surface area contributed by atoms with Gasteiger partial charge in [0.05, 0.1) is 4.90 Å². The largest absolute Gasteiger partial charge is 0.312 e. The molecule has 9 heteroatoms. The summed E-state index contributed by atoms with van der Waals surface area (Å²) in [5.74, 6) is -0.251. The van der Waals surface area contributed by atoms with Crippen LogP contribution in [0, 0.1) is 6.92 Å². The second-order valence-electron chi connectivity index (χ2n) is 8.28. The topological polar surface area (TPSA) is 108 Å². The Kier molecular flexibility index (Phi) is 6.76. The van der Waals surface area contributed by atoms with E-state index in [0.29, 0.717) is 18.8 Å². The molecule has 0 unspecified atom stereocenters. The van der Waals surface area contributed by atoms with E-state index < -0.39 is 22.0 Å². The van der Waals surface area contributed by atoms with Crippen molar-refractivity contribution in [3.63, 3.8) is 0 Å². The van der Waals surface area contributed by atoms with E-state index in [1.165, 1.54) is 13.0 Å². The number of carbonyl (C=O) groups excluding carboxylic acids is 2. The van der Waals surface area contributed by atoms with Gasteiger partial charge in [-0.15, -0.1) is 0 Å². The average Bonchev–Trinajstić information content (AvgIpc) is 3.24. The van der Waals surface area contributed by atoms with Crippen molar-refractivity contribution in [2.75, 3.05) is 16.8 Å². The molecule has 1 aliphatic rings. The predicted octanol–water partition coefficient (Wildman–Crippen LogP) is 2.83. The number of hydrogen-bond acceptors (Lipinski definition) is 5. The smallest absolute Gasteiger partial charge is 0.244 e. The molecule has 2 heterocycles. The molecule has 8 nitrogen and oxygen atoms in total. The third kappa shape index (κ3) is 5.32. The summed E-state index contributed by atoms with van der Waals surface area (Å²) in [5.41, 5.74) is 3.26. The highest BCUT2D eigenvalue weighted by atomic mass is 32.2. The van der Waals surface area contributed by atoms with Crippen molar-refractivity contribution < 1.29 is 18.0 Å². The summed E-state index contributed by atoms with van der Waals surface area (Å²) in [7, 11) is -4.02. The highest BCUT2D eigenvalue weighted by Gasteiger charge is 2.29. The van der Waals surface area contributed by atoms with E-state index in [-0.39, 0.29) is 17.2 Å². The van der Waals surface area contributed by atoms with Crippen LogP contribution in [0.1, 0.15) is 23.6 Å². The van der Waals surface area contributed by atoms with Gasteiger partial charge >= 0.3 is 0 Å². The van der Waals surface area contributed by atoms with Crippen molar-refractivity contribution >= 4 is 33.3 Å². The number of benzene rings is 2. The first-order chi connectivity index (χ1) is 16.2. The molecule has 0 saturated carbocycles. The Balaban J connectivity index is 1.59. The van der Waals surface area contributed by atoms with E-state index in [9.17, 15) is 18.0 Å². The standard InChI is InChI=1S/C25H26N4O4S/c1-17-8-11-24(26-16-17)27-25(31)22(14-19-6-4-3-5-7-19)28-34(32,33)21-9-10-23-20(15-21)12-13-29(23)18(2)30/h3-11,15-16,22,28H,12-14H2,1-2H3,(H,26,27,31)/t22-/m0/s1. The first-order valence-electron chi connectivity index (χ1n) is 10.9. The number of aromatic nitrogens is 1. The van der Waals surface area contributed by atoms with Crippen molar-refractivity contribution in [1.82, 2.24) is 9.71 Å². The zero-order valence-corrected chi connectivity index (χ0v) is 19.8. The Bertz CT molecular complexity index is 1310. The van der Waals surface area contributed by atoms with Gasteiger partial charge in [-0.05, 0) is 60.7 Å².